The summed E-state index contributed by atoms with van der Waals surface area (Å²) in [5.41, 5.74) is 5.89. The smallest absolute Gasteiger partial charge is 0.191 e. The average molecular weight is 416 g/mol. The van der Waals surface area contributed by atoms with E-state index in [1.165, 1.54) is 17.7 Å². The minimum absolute atomic E-state index is 0. The number of thiophene rings is 1. The SMILES string of the molecule is CN(C(N)=NCc1sccc1Br)C1CC1.I. The van der Waals surface area contributed by atoms with E-state index < -0.39 is 0 Å². The quantitative estimate of drug-likeness (QED) is 0.468. The first-order chi connectivity index (χ1) is 7.18. The van der Waals surface area contributed by atoms with Gasteiger partial charge in [0, 0.05) is 22.4 Å². The Morgan fingerprint density at radius 3 is 2.88 bits per heavy atom. The third-order valence-corrected chi connectivity index (χ3v) is 4.44. The van der Waals surface area contributed by atoms with Gasteiger partial charge in [-0.15, -0.1) is 35.3 Å². The number of rotatable bonds is 3. The van der Waals surface area contributed by atoms with E-state index in [0.717, 1.165) is 4.47 Å². The van der Waals surface area contributed by atoms with Gasteiger partial charge in [0.2, 0.25) is 0 Å². The van der Waals surface area contributed by atoms with Crippen LogP contribution in [-0.2, 0) is 6.54 Å². The molecule has 0 amide bonds. The Morgan fingerprint density at radius 1 is 1.69 bits per heavy atom. The van der Waals surface area contributed by atoms with Gasteiger partial charge in [-0.05, 0) is 40.2 Å². The van der Waals surface area contributed by atoms with Crippen LogP contribution >= 0.6 is 51.2 Å². The lowest BCUT2D eigenvalue weighted by Gasteiger charge is -2.16. The van der Waals surface area contributed by atoms with Gasteiger partial charge in [0.25, 0.3) is 0 Å². The predicted molar refractivity (Wildman–Crippen MR) is 83.5 cm³/mol. The van der Waals surface area contributed by atoms with E-state index in [1.807, 2.05) is 13.1 Å². The summed E-state index contributed by atoms with van der Waals surface area (Å²) >= 11 is 5.18. The Kier molecular flexibility index (Phi) is 5.52. The molecule has 3 nitrogen and oxygen atoms in total. The summed E-state index contributed by atoms with van der Waals surface area (Å²) in [6.07, 6.45) is 2.49. The molecule has 0 radical (unpaired) electrons. The summed E-state index contributed by atoms with van der Waals surface area (Å²) in [6, 6.07) is 2.66. The minimum atomic E-state index is 0. The second-order valence-corrected chi connectivity index (χ2v) is 5.56. The first-order valence-electron chi connectivity index (χ1n) is 4.93. The molecule has 2 rings (SSSR count). The zero-order valence-corrected chi connectivity index (χ0v) is 13.8. The molecule has 1 saturated carbocycles. The van der Waals surface area contributed by atoms with Crippen LogP contribution in [0.1, 0.15) is 17.7 Å². The Bertz CT molecular complexity index is 376. The Hall–Kier alpha value is 0.180. The number of nitrogens with zero attached hydrogens (tertiary/aromatic N) is 2. The maximum Gasteiger partial charge on any atom is 0.191 e. The van der Waals surface area contributed by atoms with Crippen LogP contribution in [0.15, 0.2) is 20.9 Å². The van der Waals surface area contributed by atoms with Crippen molar-refractivity contribution >= 4 is 57.2 Å². The van der Waals surface area contributed by atoms with E-state index >= 15 is 0 Å². The molecule has 90 valence electrons. The van der Waals surface area contributed by atoms with Crippen molar-refractivity contribution in [2.75, 3.05) is 7.05 Å². The number of hydrogen-bond acceptors (Lipinski definition) is 2. The van der Waals surface area contributed by atoms with Crippen molar-refractivity contribution in [2.24, 2.45) is 10.7 Å². The van der Waals surface area contributed by atoms with Crippen LogP contribution in [0.4, 0.5) is 0 Å². The van der Waals surface area contributed by atoms with Crippen LogP contribution in [0.3, 0.4) is 0 Å². The molecule has 1 heterocycles. The lowest BCUT2D eigenvalue weighted by molar-refractivity contribution is 0.487. The number of nitrogens with two attached hydrogens (primary N) is 1. The van der Waals surface area contributed by atoms with E-state index in [1.54, 1.807) is 11.3 Å². The van der Waals surface area contributed by atoms with Crippen LogP contribution in [0.5, 0.6) is 0 Å². The molecule has 1 fully saturated rings. The van der Waals surface area contributed by atoms with Crippen LogP contribution < -0.4 is 5.73 Å². The number of guanidine groups is 1. The Morgan fingerprint density at radius 2 is 2.38 bits per heavy atom. The molecular formula is C10H15BrIN3S. The average Bonchev–Trinajstić information content (AvgIpc) is 2.99. The molecule has 6 heteroatoms. The first kappa shape index (κ1) is 14.2. The zero-order valence-electron chi connectivity index (χ0n) is 9.02. The molecule has 1 aliphatic carbocycles. The zero-order chi connectivity index (χ0) is 10.8. The number of aliphatic imine (C=N–C) groups is 1. The molecule has 0 aliphatic heterocycles. The van der Waals surface area contributed by atoms with E-state index in [-0.39, 0.29) is 24.0 Å². The summed E-state index contributed by atoms with van der Waals surface area (Å²) in [6.45, 7) is 0.668. The summed E-state index contributed by atoms with van der Waals surface area (Å²) < 4.78 is 1.12. The molecule has 0 atom stereocenters. The van der Waals surface area contributed by atoms with Crippen LogP contribution in [-0.4, -0.2) is 23.9 Å². The van der Waals surface area contributed by atoms with Gasteiger partial charge in [0.1, 0.15) is 0 Å². The summed E-state index contributed by atoms with van der Waals surface area (Å²) in [7, 11) is 2.01. The van der Waals surface area contributed by atoms with Crippen molar-refractivity contribution < 1.29 is 0 Å². The van der Waals surface area contributed by atoms with Crippen molar-refractivity contribution in [1.82, 2.24) is 4.90 Å². The van der Waals surface area contributed by atoms with Crippen molar-refractivity contribution in [3.8, 4) is 0 Å². The molecule has 16 heavy (non-hydrogen) atoms. The second-order valence-electron chi connectivity index (χ2n) is 3.71. The fourth-order valence-electron chi connectivity index (χ4n) is 1.35. The largest absolute Gasteiger partial charge is 0.370 e. The molecule has 0 spiro atoms. The Labute approximate surface area is 125 Å². The van der Waals surface area contributed by atoms with Gasteiger partial charge in [-0.1, -0.05) is 0 Å². The van der Waals surface area contributed by atoms with E-state index in [9.17, 15) is 0 Å². The monoisotopic (exact) mass is 415 g/mol. The third-order valence-electron chi connectivity index (χ3n) is 2.53. The Balaban J connectivity index is 0.00000128. The van der Waals surface area contributed by atoms with Crippen LogP contribution in [0.2, 0.25) is 0 Å². The van der Waals surface area contributed by atoms with Crippen molar-refractivity contribution in [3.63, 3.8) is 0 Å². The second kappa shape index (κ2) is 6.20. The third kappa shape index (κ3) is 3.59. The van der Waals surface area contributed by atoms with Gasteiger partial charge in [0.15, 0.2) is 5.96 Å². The summed E-state index contributed by atoms with van der Waals surface area (Å²) in [4.78, 5) is 7.68. The topological polar surface area (TPSA) is 41.6 Å². The predicted octanol–water partition coefficient (Wildman–Crippen LogP) is 3.04. The van der Waals surface area contributed by atoms with Gasteiger partial charge >= 0.3 is 0 Å². The van der Waals surface area contributed by atoms with E-state index in [4.69, 9.17) is 5.73 Å². The van der Waals surface area contributed by atoms with Gasteiger partial charge < -0.3 is 10.6 Å². The highest BCUT2D eigenvalue weighted by atomic mass is 127. The molecule has 0 saturated heterocycles. The van der Waals surface area contributed by atoms with Crippen LogP contribution in [0.25, 0.3) is 0 Å². The maximum atomic E-state index is 5.89. The molecule has 0 unspecified atom stereocenters. The highest BCUT2D eigenvalue weighted by Crippen LogP contribution is 2.26. The van der Waals surface area contributed by atoms with Gasteiger partial charge in [-0.2, -0.15) is 0 Å². The van der Waals surface area contributed by atoms with Gasteiger partial charge in [0.05, 0.1) is 6.54 Å². The fraction of sp³-hybridized carbons (Fsp3) is 0.500. The van der Waals surface area contributed by atoms with Crippen molar-refractivity contribution in [2.45, 2.75) is 25.4 Å². The first-order valence-corrected chi connectivity index (χ1v) is 6.60. The molecule has 1 aromatic rings. The number of hydrogen-bond donors (Lipinski definition) is 1. The normalized spacial score (nSPS) is 15.8. The number of halogens is 2. The fourth-order valence-corrected chi connectivity index (χ4v) is 2.75. The maximum absolute atomic E-state index is 5.89. The molecule has 1 aromatic heterocycles. The van der Waals surface area contributed by atoms with Gasteiger partial charge in [-0.25, -0.2) is 4.99 Å². The summed E-state index contributed by atoms with van der Waals surface area (Å²) in [5.74, 6) is 0.651. The highest BCUT2D eigenvalue weighted by molar-refractivity contribution is 14.0. The lowest BCUT2D eigenvalue weighted by atomic mass is 10.5. The van der Waals surface area contributed by atoms with Crippen molar-refractivity contribution in [3.05, 3.63) is 20.8 Å². The standard InChI is InChI=1S/C10H14BrN3S.HI/c1-14(7-2-3-7)10(12)13-6-9-8(11)4-5-15-9;/h4-5,7H,2-3,6H2,1H3,(H2,12,13);1H. The van der Waals surface area contributed by atoms with Gasteiger partial charge in [-0.3, -0.25) is 0 Å². The van der Waals surface area contributed by atoms with Crippen LogP contribution in [0, 0.1) is 0 Å². The minimum Gasteiger partial charge on any atom is -0.370 e. The molecular weight excluding hydrogens is 401 g/mol. The molecule has 0 aromatic carbocycles. The molecule has 2 N–H and O–H groups in total. The highest BCUT2D eigenvalue weighted by Gasteiger charge is 2.27. The van der Waals surface area contributed by atoms with Crippen molar-refractivity contribution in [1.29, 1.82) is 0 Å². The lowest BCUT2D eigenvalue weighted by Crippen LogP contribution is -2.35. The summed E-state index contributed by atoms with van der Waals surface area (Å²) in [5, 5.41) is 2.05. The molecule has 0 bridgehead atoms. The molecule has 1 aliphatic rings. The van der Waals surface area contributed by atoms with E-state index in [2.05, 4.69) is 31.2 Å². The van der Waals surface area contributed by atoms with E-state index in [0.29, 0.717) is 18.5 Å².